The van der Waals surface area contributed by atoms with Gasteiger partial charge in [-0.15, -0.1) is 0 Å². The number of fused-ring (bicyclic) bond motifs is 2. The van der Waals surface area contributed by atoms with E-state index < -0.39 is 46.8 Å². The summed E-state index contributed by atoms with van der Waals surface area (Å²) in [6.45, 7) is 1.52. The van der Waals surface area contributed by atoms with Crippen molar-refractivity contribution >= 4 is 48.7 Å². The minimum absolute atomic E-state index is 0.157. The van der Waals surface area contributed by atoms with Crippen LogP contribution in [0, 0.1) is 5.92 Å². The van der Waals surface area contributed by atoms with Gasteiger partial charge in [-0.2, -0.15) is 17.0 Å². The van der Waals surface area contributed by atoms with E-state index in [2.05, 4.69) is 10.3 Å². The quantitative estimate of drug-likeness (QED) is 0.296. The highest BCUT2D eigenvalue weighted by Crippen LogP contribution is 2.43. The molecule has 0 bridgehead atoms. The Morgan fingerprint density at radius 1 is 1.05 bits per heavy atom. The molecule has 6 rings (SSSR count). The number of para-hydroxylation sites is 1. The van der Waals surface area contributed by atoms with Crippen molar-refractivity contribution < 1.29 is 23.1 Å². The summed E-state index contributed by atoms with van der Waals surface area (Å²) in [5, 5.41) is 14.6. The highest BCUT2D eigenvalue weighted by Gasteiger charge is 2.56. The Hall–Kier alpha value is -3.68. The predicted octanol–water partition coefficient (Wildman–Crippen LogP) is 3.49. The third kappa shape index (κ3) is 5.45. The van der Waals surface area contributed by atoms with Gasteiger partial charge >= 0.3 is 0 Å². The summed E-state index contributed by atoms with van der Waals surface area (Å²) in [5.41, 5.74) is 2.11. The summed E-state index contributed by atoms with van der Waals surface area (Å²) in [7, 11) is -2.74. The number of hydrogen-bond donors (Lipinski definition) is 2. The van der Waals surface area contributed by atoms with Crippen molar-refractivity contribution in [1.82, 2.24) is 18.9 Å². The molecule has 2 amide bonds. The number of rotatable bonds is 9. The summed E-state index contributed by atoms with van der Waals surface area (Å²) < 4.78 is 31.0. The zero-order valence-corrected chi connectivity index (χ0v) is 25.4. The zero-order chi connectivity index (χ0) is 30.3. The zero-order valence-electron chi connectivity index (χ0n) is 23.8. The molecule has 3 heterocycles. The smallest absolute Gasteiger partial charge is 0.282 e. The molecule has 12 heteroatoms. The van der Waals surface area contributed by atoms with Gasteiger partial charge in [-0.05, 0) is 29.7 Å². The Morgan fingerprint density at radius 3 is 2.35 bits per heavy atom. The summed E-state index contributed by atoms with van der Waals surface area (Å²) in [5.74, 6) is -1.28. The van der Waals surface area contributed by atoms with Crippen LogP contribution in [0.5, 0.6) is 0 Å². The summed E-state index contributed by atoms with van der Waals surface area (Å²) in [4.78, 5) is 33.0. The highest BCUT2D eigenvalue weighted by atomic mass is 32.2. The molecule has 43 heavy (non-hydrogen) atoms. The fourth-order valence-electron chi connectivity index (χ4n) is 6.16. The Kier molecular flexibility index (Phi) is 8.05. The van der Waals surface area contributed by atoms with E-state index in [1.807, 2.05) is 48.5 Å². The molecule has 5 atom stereocenters. The molecule has 2 aliphatic rings. The molecule has 10 nitrogen and oxygen atoms in total. The fraction of sp³-hybridized carbons (Fsp3) is 0.323. The van der Waals surface area contributed by atoms with Crippen LogP contribution >= 0.6 is 11.3 Å². The van der Waals surface area contributed by atoms with Crippen LogP contribution in [0.15, 0.2) is 84.9 Å². The number of aromatic nitrogens is 1. The Balaban J connectivity index is 1.18. The largest absolute Gasteiger partial charge is 0.386 e. The van der Waals surface area contributed by atoms with Gasteiger partial charge in [-0.3, -0.25) is 14.5 Å². The minimum Gasteiger partial charge on any atom is -0.386 e. The molecule has 2 fully saturated rings. The van der Waals surface area contributed by atoms with Crippen LogP contribution in [-0.4, -0.2) is 71.2 Å². The van der Waals surface area contributed by atoms with Crippen LogP contribution in [0.25, 0.3) is 10.2 Å². The molecular weight excluding hydrogens is 587 g/mol. The average molecular weight is 620 g/mol. The SMILES string of the molecule is C[C@@H]1C(=O)N(c2nc3ccccc3s2)[C@H]2CCN(S(=O)(=O)N(C)CC(=O)N[C@H](c3ccccc3)[C@H](O)c3ccccc3)[C@H]12. The fourth-order valence-corrected chi connectivity index (χ4v) is 8.80. The number of thiazole rings is 1. The number of anilines is 1. The lowest BCUT2D eigenvalue weighted by Gasteiger charge is -2.30. The molecule has 0 unspecified atom stereocenters. The normalized spacial score (nSPS) is 22.2. The number of carbonyl (C=O) groups is 2. The third-order valence-electron chi connectivity index (χ3n) is 8.32. The molecule has 3 aromatic carbocycles. The van der Waals surface area contributed by atoms with Gasteiger partial charge in [0.05, 0.1) is 40.8 Å². The van der Waals surface area contributed by atoms with Gasteiger partial charge in [0.25, 0.3) is 10.2 Å². The summed E-state index contributed by atoms with van der Waals surface area (Å²) in [6, 6.07) is 24.0. The van der Waals surface area contributed by atoms with Gasteiger partial charge in [-0.25, -0.2) is 4.98 Å². The van der Waals surface area contributed by atoms with Crippen LogP contribution in [0.1, 0.15) is 36.6 Å². The molecule has 0 aliphatic carbocycles. The Bertz CT molecular complexity index is 1700. The van der Waals surface area contributed by atoms with Crippen LogP contribution in [-0.2, 0) is 19.8 Å². The number of amides is 2. The van der Waals surface area contributed by atoms with Crippen molar-refractivity contribution in [3.63, 3.8) is 0 Å². The standard InChI is InChI=1S/C31H33N5O5S2/c1-20-28-24(36(30(20)39)31-32-23-15-9-10-16-25(23)42-31)17-18-35(28)43(40,41)34(2)19-26(37)33-27(21-11-5-3-6-12-21)29(38)22-13-7-4-8-14-22/h3-16,20,24,27-29,38H,17-19H2,1-2H3,(H,33,37)/t20-,24-,27+,28+,29+/m0/s1. The van der Waals surface area contributed by atoms with Crippen molar-refractivity contribution in [3.8, 4) is 0 Å². The first-order chi connectivity index (χ1) is 20.7. The second-order valence-corrected chi connectivity index (χ2v) is 14.0. The predicted molar refractivity (Wildman–Crippen MR) is 165 cm³/mol. The molecule has 2 N–H and O–H groups in total. The lowest BCUT2D eigenvalue weighted by molar-refractivity contribution is -0.123. The Labute approximate surface area is 254 Å². The van der Waals surface area contributed by atoms with E-state index in [1.165, 1.54) is 22.7 Å². The number of likely N-dealkylation sites (N-methyl/N-ethyl adjacent to an activating group) is 1. The maximum Gasteiger partial charge on any atom is 0.282 e. The van der Waals surface area contributed by atoms with Crippen LogP contribution < -0.4 is 10.2 Å². The van der Waals surface area contributed by atoms with Crippen molar-refractivity contribution in [2.24, 2.45) is 5.92 Å². The van der Waals surface area contributed by atoms with E-state index >= 15 is 0 Å². The monoisotopic (exact) mass is 619 g/mol. The van der Waals surface area contributed by atoms with Crippen molar-refractivity contribution in [2.75, 3.05) is 25.0 Å². The molecule has 0 spiro atoms. The van der Waals surface area contributed by atoms with Crippen LogP contribution in [0.3, 0.4) is 0 Å². The van der Waals surface area contributed by atoms with Gasteiger partial charge in [0.2, 0.25) is 11.8 Å². The topological polar surface area (TPSA) is 123 Å². The molecule has 4 aromatic rings. The summed E-state index contributed by atoms with van der Waals surface area (Å²) in [6.07, 6.45) is -0.581. The number of hydrogen-bond acceptors (Lipinski definition) is 7. The first-order valence-electron chi connectivity index (χ1n) is 14.2. The first-order valence-corrected chi connectivity index (χ1v) is 16.4. The molecule has 2 aliphatic heterocycles. The molecule has 0 radical (unpaired) electrons. The van der Waals surface area contributed by atoms with Gasteiger partial charge in [0.1, 0.15) is 6.10 Å². The number of aliphatic hydroxyl groups excluding tert-OH is 1. The average Bonchev–Trinajstić information content (AvgIpc) is 3.71. The molecule has 0 saturated carbocycles. The number of carbonyl (C=O) groups excluding carboxylic acids is 2. The van der Waals surface area contributed by atoms with Crippen LogP contribution in [0.4, 0.5) is 5.13 Å². The number of aliphatic hydroxyl groups is 1. The van der Waals surface area contributed by atoms with Gasteiger partial charge in [0, 0.05) is 13.6 Å². The van der Waals surface area contributed by atoms with Crippen LogP contribution in [0.2, 0.25) is 0 Å². The molecular formula is C31H33N5O5S2. The van der Waals surface area contributed by atoms with E-state index in [-0.39, 0.29) is 18.5 Å². The second kappa shape index (κ2) is 11.8. The molecule has 1 aromatic heterocycles. The molecule has 2 saturated heterocycles. The van der Waals surface area contributed by atoms with E-state index in [0.717, 1.165) is 14.5 Å². The Morgan fingerprint density at radius 2 is 1.67 bits per heavy atom. The maximum absolute atomic E-state index is 13.8. The lowest BCUT2D eigenvalue weighted by Crippen LogP contribution is -2.50. The van der Waals surface area contributed by atoms with Gasteiger partial charge in [-0.1, -0.05) is 91.1 Å². The first kappa shape index (κ1) is 29.4. The lowest BCUT2D eigenvalue weighted by atomic mass is 9.96. The second-order valence-electron chi connectivity index (χ2n) is 11.0. The maximum atomic E-state index is 13.8. The van der Waals surface area contributed by atoms with E-state index in [1.54, 1.807) is 48.2 Å². The van der Waals surface area contributed by atoms with Crippen molar-refractivity contribution in [1.29, 1.82) is 0 Å². The van der Waals surface area contributed by atoms with Crippen molar-refractivity contribution in [2.45, 2.75) is 37.6 Å². The van der Waals surface area contributed by atoms with Crippen molar-refractivity contribution in [3.05, 3.63) is 96.1 Å². The minimum atomic E-state index is -4.10. The molecule has 224 valence electrons. The number of nitrogens with one attached hydrogen (secondary N) is 1. The number of benzene rings is 3. The van der Waals surface area contributed by atoms with E-state index in [9.17, 15) is 23.1 Å². The third-order valence-corrected chi connectivity index (χ3v) is 11.3. The summed E-state index contributed by atoms with van der Waals surface area (Å²) >= 11 is 1.42. The number of nitrogens with zero attached hydrogens (tertiary/aromatic N) is 4. The van der Waals surface area contributed by atoms with E-state index in [4.69, 9.17) is 0 Å². The van der Waals surface area contributed by atoms with Gasteiger partial charge < -0.3 is 10.4 Å². The highest BCUT2D eigenvalue weighted by molar-refractivity contribution is 7.86. The van der Waals surface area contributed by atoms with Gasteiger partial charge in [0.15, 0.2) is 5.13 Å². The van der Waals surface area contributed by atoms with E-state index in [0.29, 0.717) is 22.7 Å².